The van der Waals surface area contributed by atoms with Gasteiger partial charge in [-0.15, -0.1) is 0 Å². The van der Waals surface area contributed by atoms with Gasteiger partial charge in [0, 0.05) is 62.8 Å². The number of ether oxygens (including phenoxy) is 2. The summed E-state index contributed by atoms with van der Waals surface area (Å²) in [4.78, 5) is 92.2. The molecule has 7 aromatic rings. The Labute approximate surface area is 444 Å². The highest BCUT2D eigenvalue weighted by Gasteiger charge is 2.76. The molecule has 0 radical (unpaired) electrons. The van der Waals surface area contributed by atoms with Crippen molar-refractivity contribution in [2.75, 3.05) is 49.6 Å². The van der Waals surface area contributed by atoms with Crippen LogP contribution in [0.5, 0.6) is 5.75 Å². The number of aromatic hydroxyl groups is 1. The lowest BCUT2D eigenvalue weighted by molar-refractivity contribution is -0.384. The number of benzene rings is 6. The van der Waals surface area contributed by atoms with Gasteiger partial charge in [0.25, 0.3) is 5.69 Å². The van der Waals surface area contributed by atoms with Gasteiger partial charge in [-0.2, -0.15) is 0 Å². The van der Waals surface area contributed by atoms with Gasteiger partial charge in [-0.05, 0) is 89.0 Å². The van der Waals surface area contributed by atoms with Gasteiger partial charge < -0.3 is 24.4 Å². The number of morpholine rings is 1. The van der Waals surface area contributed by atoms with Crippen LogP contribution in [0.15, 0.2) is 176 Å². The Balaban J connectivity index is 1.11. The number of hydrogen-bond donors (Lipinski definition) is 1. The summed E-state index contributed by atoms with van der Waals surface area (Å²) in [6.45, 7) is 1.67. The number of phenolic OH excluding ortho intramolecular Hbond substituents is 1. The van der Waals surface area contributed by atoms with E-state index in [1.54, 1.807) is 53.7 Å². The third kappa shape index (κ3) is 9.38. The molecule has 0 aliphatic carbocycles. The molecule has 6 aromatic carbocycles. The fraction of sp³-hybridized carbons (Fsp3) is 0.233. The van der Waals surface area contributed by atoms with E-state index in [0.717, 1.165) is 16.0 Å². The smallest absolute Gasteiger partial charge is 0.421 e. The molecule has 77 heavy (non-hydrogen) atoms. The molecule has 17 heteroatoms. The van der Waals surface area contributed by atoms with E-state index in [0.29, 0.717) is 54.4 Å². The molecule has 0 bridgehead atoms. The molecular formula is C60H52N8O9. The van der Waals surface area contributed by atoms with Crippen molar-refractivity contribution in [1.29, 1.82) is 0 Å². The van der Waals surface area contributed by atoms with Gasteiger partial charge in [-0.25, -0.2) is 19.7 Å². The van der Waals surface area contributed by atoms with Crippen LogP contribution >= 0.6 is 0 Å². The highest BCUT2D eigenvalue weighted by Crippen LogP contribution is 2.66. The lowest BCUT2D eigenvalue weighted by Crippen LogP contribution is -2.59. The Hall–Kier alpha value is -9.24. The summed E-state index contributed by atoms with van der Waals surface area (Å²) in [6, 6.07) is 44.0. The molecule has 11 rings (SSSR count). The zero-order valence-electron chi connectivity index (χ0n) is 41.9. The Bertz CT molecular complexity index is 3390. The molecule has 4 aliphatic rings. The van der Waals surface area contributed by atoms with Gasteiger partial charge in [0.05, 0.1) is 35.2 Å². The number of nitro groups is 1. The monoisotopic (exact) mass is 1030 g/mol. The molecule has 5 heterocycles. The second-order valence-corrected chi connectivity index (χ2v) is 19.5. The number of amides is 3. The predicted octanol–water partition coefficient (Wildman–Crippen LogP) is 7.93. The molecule has 3 saturated heterocycles. The van der Waals surface area contributed by atoms with Gasteiger partial charge >= 0.3 is 12.1 Å². The molecule has 0 saturated carbocycles. The number of esters is 1. The molecule has 6 atom stereocenters. The fourth-order valence-electron chi connectivity index (χ4n) is 11.5. The lowest BCUT2D eigenvalue weighted by atomic mass is 9.65. The van der Waals surface area contributed by atoms with Gasteiger partial charge in [0.2, 0.25) is 17.8 Å². The van der Waals surface area contributed by atoms with E-state index in [9.17, 15) is 15.2 Å². The van der Waals surface area contributed by atoms with Crippen molar-refractivity contribution >= 4 is 41.2 Å². The zero-order valence-corrected chi connectivity index (χ0v) is 41.9. The van der Waals surface area contributed by atoms with Gasteiger partial charge in [0.15, 0.2) is 0 Å². The van der Waals surface area contributed by atoms with Crippen molar-refractivity contribution in [2.24, 2.45) is 5.92 Å². The molecule has 3 fully saturated rings. The first-order valence-corrected chi connectivity index (χ1v) is 25.3. The number of rotatable bonds is 11. The van der Waals surface area contributed by atoms with Crippen LogP contribution in [-0.4, -0.2) is 104 Å². The molecule has 17 nitrogen and oxygen atoms in total. The van der Waals surface area contributed by atoms with Crippen LogP contribution in [0.25, 0.3) is 0 Å². The van der Waals surface area contributed by atoms with Crippen molar-refractivity contribution in [3.63, 3.8) is 0 Å². The third-order valence-corrected chi connectivity index (χ3v) is 14.9. The number of carbonyl (C=O) groups is 4. The molecule has 1 N–H and O–H groups in total. The number of aromatic nitrogens is 2. The van der Waals surface area contributed by atoms with Crippen LogP contribution in [-0.2, 0) is 42.4 Å². The average molecular weight is 1030 g/mol. The van der Waals surface area contributed by atoms with Crippen LogP contribution in [0.2, 0.25) is 0 Å². The maximum Gasteiger partial charge on any atom is 0.421 e. The SMILES string of the molecule is CN(CC#Cc1ccc2c(c1)[C@]1(C(=O)N2C(=O)OCc2ccc([N+](=O)[O-])cc2)[C@H](C(=O)N2CCN(c3ncccn3)CC2)[C@H]2C(=O)O[C@H](c3ccccc3)[C@H](c3ccccc3)N2[C@@H]1c1ccc(O)cc1)Cc1ccccc1. The molecule has 3 amide bonds. The molecular weight excluding hydrogens is 977 g/mol. The van der Waals surface area contributed by atoms with Crippen molar-refractivity contribution in [3.8, 4) is 17.6 Å². The largest absolute Gasteiger partial charge is 0.508 e. The zero-order chi connectivity index (χ0) is 53.2. The van der Waals surface area contributed by atoms with Crippen molar-refractivity contribution < 1.29 is 38.7 Å². The number of anilines is 2. The summed E-state index contributed by atoms with van der Waals surface area (Å²) >= 11 is 0. The standard InChI is InChI=1S/C60H52N8O9/c1-63(38-41-13-5-2-6-14-41)32-11-15-40-22-29-49-48(37-40)60(57(72)66(49)59(73)76-39-42-20-25-46(26-21-42)68(74)75)50(55(70)64-33-35-65(36-34-64)58-61-30-12-31-62-58)52-56(71)77-53(44-18-9-4-10-19-44)51(43-16-7-3-8-17-43)67(52)54(60)45-23-27-47(69)28-24-45/h2-10,12-14,16-31,37,50-54,69H,32-36,38-39H2,1H3/t50-,51-,52-,53+,54+,60-/m0/s1. The number of carbonyl (C=O) groups excluding carboxylic acids is 4. The van der Waals surface area contributed by atoms with Crippen LogP contribution < -0.4 is 9.80 Å². The average Bonchev–Trinajstić information content (AvgIpc) is 3.75. The second kappa shape index (κ2) is 21.2. The van der Waals surface area contributed by atoms with Crippen LogP contribution in [0.1, 0.15) is 57.1 Å². The first kappa shape index (κ1) is 49.9. The van der Waals surface area contributed by atoms with Crippen molar-refractivity contribution in [1.82, 2.24) is 24.7 Å². The maximum absolute atomic E-state index is 16.8. The summed E-state index contributed by atoms with van der Waals surface area (Å²) < 4.78 is 12.6. The highest BCUT2D eigenvalue weighted by atomic mass is 16.6. The van der Waals surface area contributed by atoms with E-state index in [1.807, 2.05) is 108 Å². The topological polar surface area (TPSA) is 192 Å². The van der Waals surface area contributed by atoms with E-state index >= 15 is 19.2 Å². The highest BCUT2D eigenvalue weighted by molar-refractivity contribution is 6.23. The lowest BCUT2D eigenvalue weighted by Gasteiger charge is -2.46. The molecule has 1 spiro atoms. The van der Waals surface area contributed by atoms with Crippen molar-refractivity contribution in [2.45, 2.75) is 42.8 Å². The number of imide groups is 1. The number of cyclic esters (lactones) is 1. The van der Waals surface area contributed by atoms with Gasteiger partial charge in [-0.1, -0.05) is 115 Å². The van der Waals surface area contributed by atoms with Gasteiger partial charge in [0.1, 0.15) is 29.9 Å². The number of fused-ring (bicyclic) bond motifs is 3. The number of piperazine rings is 1. The van der Waals surface area contributed by atoms with E-state index < -0.39 is 64.4 Å². The van der Waals surface area contributed by atoms with Crippen LogP contribution in [0.4, 0.5) is 22.1 Å². The minimum atomic E-state index is -2.10. The quantitative estimate of drug-likeness (QED) is 0.0569. The van der Waals surface area contributed by atoms with E-state index in [2.05, 4.69) is 26.7 Å². The van der Waals surface area contributed by atoms with Gasteiger partial charge in [-0.3, -0.25) is 34.3 Å². The van der Waals surface area contributed by atoms with Crippen LogP contribution in [0.3, 0.4) is 0 Å². The number of nitrogens with zero attached hydrogens (tertiary/aromatic N) is 8. The summed E-state index contributed by atoms with van der Waals surface area (Å²) in [5.41, 5.74) is 2.00. The maximum atomic E-state index is 16.8. The number of nitro benzene ring substituents is 1. The predicted molar refractivity (Wildman–Crippen MR) is 284 cm³/mol. The summed E-state index contributed by atoms with van der Waals surface area (Å²) in [5.74, 6) is 3.39. The number of phenols is 1. The van der Waals surface area contributed by atoms with E-state index in [1.165, 1.54) is 36.4 Å². The molecule has 4 aliphatic heterocycles. The summed E-state index contributed by atoms with van der Waals surface area (Å²) in [7, 11) is 1.96. The first-order valence-electron chi connectivity index (χ1n) is 25.3. The normalized spacial score (nSPS) is 21.7. The van der Waals surface area contributed by atoms with Crippen molar-refractivity contribution in [3.05, 3.63) is 225 Å². The summed E-state index contributed by atoms with van der Waals surface area (Å²) in [6.07, 6.45) is 1.27. The summed E-state index contributed by atoms with van der Waals surface area (Å²) in [5, 5.41) is 22.4. The Morgan fingerprint density at radius 2 is 1.43 bits per heavy atom. The Kier molecular flexibility index (Phi) is 13.7. The van der Waals surface area contributed by atoms with E-state index in [4.69, 9.17) is 9.47 Å². The first-order chi connectivity index (χ1) is 37.5. The minimum Gasteiger partial charge on any atom is -0.508 e. The Morgan fingerprint density at radius 1 is 0.779 bits per heavy atom. The Morgan fingerprint density at radius 3 is 2.09 bits per heavy atom. The van der Waals surface area contributed by atoms with E-state index in [-0.39, 0.29) is 42.4 Å². The number of non-ortho nitro benzene ring substituents is 1. The second-order valence-electron chi connectivity index (χ2n) is 19.5. The minimum absolute atomic E-state index is 0.0607. The van der Waals surface area contributed by atoms with Crippen LogP contribution in [0, 0.1) is 27.9 Å². The number of hydrogen-bond acceptors (Lipinski definition) is 14. The molecule has 1 aromatic heterocycles. The molecule has 0 unspecified atom stereocenters. The molecule has 386 valence electrons. The third-order valence-electron chi connectivity index (χ3n) is 14.9. The fourth-order valence-corrected chi connectivity index (χ4v) is 11.5.